The van der Waals surface area contributed by atoms with Gasteiger partial charge in [0, 0.05) is 12.1 Å². The van der Waals surface area contributed by atoms with Crippen molar-refractivity contribution in [3.05, 3.63) is 0 Å². The van der Waals surface area contributed by atoms with E-state index in [2.05, 4.69) is 5.32 Å². The first-order valence-electron chi connectivity index (χ1n) is 6.56. The maximum atomic E-state index is 12.2. The lowest BCUT2D eigenvalue weighted by Crippen LogP contribution is -2.57. The van der Waals surface area contributed by atoms with E-state index in [0.717, 1.165) is 0 Å². The van der Waals surface area contributed by atoms with Gasteiger partial charge in [0.1, 0.15) is 6.04 Å². The van der Waals surface area contributed by atoms with Crippen molar-refractivity contribution < 1.29 is 19.5 Å². The molecule has 0 saturated heterocycles. The fourth-order valence-electron chi connectivity index (χ4n) is 1.73. The Bertz CT molecular complexity index is 374. The third-order valence-corrected chi connectivity index (χ3v) is 2.86. The van der Waals surface area contributed by atoms with Gasteiger partial charge in [-0.2, -0.15) is 0 Å². The summed E-state index contributed by atoms with van der Waals surface area (Å²) in [6, 6.07) is -1.27. The Hall–Kier alpha value is -1.79. The summed E-state index contributed by atoms with van der Waals surface area (Å²) in [5, 5.41) is 11.3. The van der Waals surface area contributed by atoms with Gasteiger partial charge in [0.05, 0.1) is 6.42 Å². The van der Waals surface area contributed by atoms with Crippen molar-refractivity contribution >= 4 is 17.9 Å². The largest absolute Gasteiger partial charge is 0.481 e. The number of hydrogen-bond donors (Lipinski definition) is 3. The summed E-state index contributed by atoms with van der Waals surface area (Å²) in [7, 11) is 0. The minimum Gasteiger partial charge on any atom is -0.481 e. The molecule has 0 aromatic rings. The van der Waals surface area contributed by atoms with Crippen LogP contribution in [0.3, 0.4) is 0 Å². The second-order valence-electron chi connectivity index (χ2n) is 6.04. The molecule has 0 saturated carbocycles. The molecule has 0 bridgehead atoms. The van der Waals surface area contributed by atoms with Crippen LogP contribution in [-0.4, -0.2) is 46.0 Å². The SMILES string of the molecule is CC(C)C(NC(=O)N(CCC(=O)O)C(C)(C)C)C(N)=O. The molecule has 0 fully saturated rings. The molecular weight excluding hydrogens is 262 g/mol. The first kappa shape index (κ1) is 18.2. The second-order valence-corrected chi connectivity index (χ2v) is 6.04. The van der Waals surface area contributed by atoms with Crippen LogP contribution in [0.4, 0.5) is 4.79 Å². The number of carbonyl (C=O) groups excluding carboxylic acids is 2. The molecule has 0 aliphatic rings. The molecule has 0 rings (SSSR count). The highest BCUT2D eigenvalue weighted by Crippen LogP contribution is 2.15. The number of carboxylic acid groups (broad SMARTS) is 1. The fourth-order valence-corrected chi connectivity index (χ4v) is 1.73. The third-order valence-electron chi connectivity index (χ3n) is 2.86. The number of urea groups is 1. The van der Waals surface area contributed by atoms with E-state index in [0.29, 0.717) is 0 Å². The summed E-state index contributed by atoms with van der Waals surface area (Å²) >= 11 is 0. The van der Waals surface area contributed by atoms with Gasteiger partial charge in [-0.1, -0.05) is 13.8 Å². The van der Waals surface area contributed by atoms with Gasteiger partial charge < -0.3 is 21.1 Å². The van der Waals surface area contributed by atoms with Crippen molar-refractivity contribution in [2.24, 2.45) is 11.7 Å². The van der Waals surface area contributed by atoms with Gasteiger partial charge in [-0.3, -0.25) is 9.59 Å². The van der Waals surface area contributed by atoms with Crippen molar-refractivity contribution in [2.75, 3.05) is 6.54 Å². The lowest BCUT2D eigenvalue weighted by atomic mass is 10.0. The Balaban J connectivity index is 4.95. The number of hydrogen-bond acceptors (Lipinski definition) is 3. The van der Waals surface area contributed by atoms with E-state index < -0.39 is 29.5 Å². The van der Waals surface area contributed by atoms with Gasteiger partial charge in [-0.25, -0.2) is 4.79 Å². The molecule has 0 radical (unpaired) electrons. The molecule has 4 N–H and O–H groups in total. The molecule has 3 amide bonds. The zero-order chi connectivity index (χ0) is 16.1. The second kappa shape index (κ2) is 7.12. The Morgan fingerprint density at radius 2 is 1.75 bits per heavy atom. The predicted octanol–water partition coefficient (Wildman–Crippen LogP) is 0.781. The van der Waals surface area contributed by atoms with Gasteiger partial charge in [0.2, 0.25) is 5.91 Å². The van der Waals surface area contributed by atoms with E-state index in [9.17, 15) is 14.4 Å². The highest BCUT2D eigenvalue weighted by atomic mass is 16.4. The van der Waals surface area contributed by atoms with Crippen LogP contribution in [0.15, 0.2) is 0 Å². The predicted molar refractivity (Wildman–Crippen MR) is 75.1 cm³/mol. The monoisotopic (exact) mass is 287 g/mol. The van der Waals surface area contributed by atoms with Crippen LogP contribution >= 0.6 is 0 Å². The molecule has 20 heavy (non-hydrogen) atoms. The Morgan fingerprint density at radius 1 is 1.25 bits per heavy atom. The van der Waals surface area contributed by atoms with Crippen LogP contribution in [0.5, 0.6) is 0 Å². The molecule has 7 nitrogen and oxygen atoms in total. The van der Waals surface area contributed by atoms with E-state index in [4.69, 9.17) is 10.8 Å². The molecule has 1 atom stereocenters. The van der Waals surface area contributed by atoms with Crippen LogP contribution < -0.4 is 11.1 Å². The Morgan fingerprint density at radius 3 is 2.05 bits per heavy atom. The van der Waals surface area contributed by atoms with E-state index in [1.165, 1.54) is 4.90 Å². The van der Waals surface area contributed by atoms with Crippen LogP contribution in [-0.2, 0) is 9.59 Å². The van der Waals surface area contributed by atoms with Crippen LogP contribution in [0.25, 0.3) is 0 Å². The number of carbonyl (C=O) groups is 3. The minimum atomic E-state index is -0.984. The number of carboxylic acids is 1. The minimum absolute atomic E-state index is 0.0637. The smallest absolute Gasteiger partial charge is 0.318 e. The van der Waals surface area contributed by atoms with Crippen molar-refractivity contribution in [2.45, 2.75) is 52.6 Å². The number of nitrogens with zero attached hydrogens (tertiary/aromatic N) is 1. The fraction of sp³-hybridized carbons (Fsp3) is 0.769. The van der Waals surface area contributed by atoms with Crippen molar-refractivity contribution in [3.63, 3.8) is 0 Å². The number of nitrogens with one attached hydrogen (secondary N) is 1. The standard InChI is InChI=1S/C13H25N3O4/c1-8(2)10(11(14)19)15-12(20)16(13(3,4)5)7-6-9(17)18/h8,10H,6-7H2,1-5H3,(H2,14,19)(H,15,20)(H,17,18). The number of rotatable bonds is 6. The van der Waals surface area contributed by atoms with Gasteiger partial charge >= 0.3 is 12.0 Å². The quantitative estimate of drug-likeness (QED) is 0.670. The lowest BCUT2D eigenvalue weighted by Gasteiger charge is -2.36. The lowest BCUT2D eigenvalue weighted by molar-refractivity contribution is -0.137. The number of nitrogens with two attached hydrogens (primary N) is 1. The highest BCUT2D eigenvalue weighted by molar-refractivity contribution is 5.86. The summed E-state index contributed by atoms with van der Waals surface area (Å²) in [6.07, 6.45) is -0.159. The Labute approximate surface area is 119 Å². The summed E-state index contributed by atoms with van der Waals surface area (Å²) in [4.78, 5) is 35.6. The van der Waals surface area contributed by atoms with E-state index in [1.807, 2.05) is 0 Å². The van der Waals surface area contributed by atoms with Crippen molar-refractivity contribution in [1.29, 1.82) is 0 Å². The van der Waals surface area contributed by atoms with Crippen LogP contribution in [0, 0.1) is 5.92 Å². The molecule has 0 aromatic carbocycles. The highest BCUT2D eigenvalue weighted by Gasteiger charge is 2.30. The van der Waals surface area contributed by atoms with Crippen molar-refractivity contribution in [3.8, 4) is 0 Å². The van der Waals surface area contributed by atoms with E-state index >= 15 is 0 Å². The first-order valence-corrected chi connectivity index (χ1v) is 6.56. The molecule has 1 unspecified atom stereocenters. The molecule has 116 valence electrons. The van der Waals surface area contributed by atoms with Gasteiger partial charge in [-0.05, 0) is 26.7 Å². The summed E-state index contributed by atoms with van der Waals surface area (Å²) < 4.78 is 0. The zero-order valence-corrected chi connectivity index (χ0v) is 12.8. The summed E-state index contributed by atoms with van der Waals surface area (Å²) in [5.41, 5.74) is 4.69. The summed E-state index contributed by atoms with van der Waals surface area (Å²) in [6.45, 7) is 8.99. The van der Waals surface area contributed by atoms with E-state index in [-0.39, 0.29) is 18.9 Å². The van der Waals surface area contributed by atoms with Gasteiger partial charge in [0.25, 0.3) is 0 Å². The number of aliphatic carboxylic acids is 1. The summed E-state index contributed by atoms with van der Waals surface area (Å²) in [5.74, 6) is -1.74. The zero-order valence-electron chi connectivity index (χ0n) is 12.8. The van der Waals surface area contributed by atoms with E-state index in [1.54, 1.807) is 34.6 Å². The molecular formula is C13H25N3O4. The molecule has 0 spiro atoms. The molecule has 0 aromatic heterocycles. The number of primary amides is 1. The van der Waals surface area contributed by atoms with Crippen LogP contribution in [0.1, 0.15) is 41.0 Å². The van der Waals surface area contributed by atoms with Gasteiger partial charge in [-0.15, -0.1) is 0 Å². The maximum Gasteiger partial charge on any atom is 0.318 e. The van der Waals surface area contributed by atoms with Crippen LogP contribution in [0.2, 0.25) is 0 Å². The maximum absolute atomic E-state index is 12.2. The normalized spacial score (nSPS) is 12.9. The molecule has 0 heterocycles. The third kappa shape index (κ3) is 5.90. The number of amides is 3. The average molecular weight is 287 g/mol. The van der Waals surface area contributed by atoms with Crippen molar-refractivity contribution in [1.82, 2.24) is 10.2 Å². The van der Waals surface area contributed by atoms with Gasteiger partial charge in [0.15, 0.2) is 0 Å². The molecule has 7 heteroatoms. The topological polar surface area (TPSA) is 113 Å². The molecule has 0 aliphatic heterocycles. The Kier molecular flexibility index (Phi) is 6.48. The molecule has 0 aliphatic carbocycles. The first-order chi connectivity index (χ1) is 8.96. The average Bonchev–Trinajstić information content (AvgIpc) is 2.22.